The first-order valence-electron chi connectivity index (χ1n) is 9.97. The molecule has 1 saturated carbocycles. The van der Waals surface area contributed by atoms with E-state index in [-0.39, 0.29) is 12.1 Å². The van der Waals surface area contributed by atoms with Crippen LogP contribution in [-0.4, -0.2) is 29.5 Å². The van der Waals surface area contributed by atoms with Gasteiger partial charge in [-0.3, -0.25) is 0 Å². The van der Waals surface area contributed by atoms with Gasteiger partial charge in [-0.05, 0) is 48.6 Å². The maximum Gasteiger partial charge on any atom is 0.199 e. The minimum Gasteiger partial charge on any atom is -0.338 e. The number of fused-ring (bicyclic) bond motifs is 1. The van der Waals surface area contributed by atoms with E-state index in [4.69, 9.17) is 33.9 Å². The average Bonchev–Trinajstić information content (AvgIpc) is 2.70. The van der Waals surface area contributed by atoms with Gasteiger partial charge >= 0.3 is 0 Å². The number of aliphatic imine (C=N–C) groups is 1. The molecule has 1 fully saturated rings. The molecule has 2 aromatic rings. The molecule has 6 heteroatoms. The molecule has 4 nitrogen and oxygen atoms in total. The fourth-order valence-corrected chi connectivity index (χ4v) is 4.49. The van der Waals surface area contributed by atoms with Crippen LogP contribution in [0.5, 0.6) is 0 Å². The molecule has 0 amide bonds. The van der Waals surface area contributed by atoms with Crippen LogP contribution in [0, 0.1) is 0 Å². The molecule has 28 heavy (non-hydrogen) atoms. The summed E-state index contributed by atoms with van der Waals surface area (Å²) in [6, 6.07) is 14.4. The molecule has 0 aromatic heterocycles. The number of guanidine groups is 1. The monoisotopic (exact) mass is 416 g/mol. The second-order valence-corrected chi connectivity index (χ2v) is 8.50. The number of hydrogen-bond donors (Lipinski definition) is 2. The summed E-state index contributed by atoms with van der Waals surface area (Å²) in [6.45, 7) is 1.74. The molecule has 0 radical (unpaired) electrons. The van der Waals surface area contributed by atoms with Crippen molar-refractivity contribution in [3.8, 4) is 0 Å². The number of benzene rings is 2. The Bertz CT molecular complexity index is 867. The number of anilines is 1. The van der Waals surface area contributed by atoms with E-state index in [2.05, 4.69) is 34.5 Å². The van der Waals surface area contributed by atoms with Crippen LogP contribution in [0.4, 0.5) is 5.69 Å². The van der Waals surface area contributed by atoms with E-state index in [1.165, 1.54) is 24.0 Å². The third-order valence-electron chi connectivity index (χ3n) is 5.68. The molecule has 148 valence electrons. The van der Waals surface area contributed by atoms with Crippen LogP contribution in [0.2, 0.25) is 10.0 Å². The molecular formula is C22H26Cl2N4. The van der Waals surface area contributed by atoms with E-state index in [1.807, 2.05) is 12.1 Å². The van der Waals surface area contributed by atoms with Gasteiger partial charge in [0, 0.05) is 24.2 Å². The van der Waals surface area contributed by atoms with Crippen LogP contribution < -0.4 is 11.1 Å². The first-order chi connectivity index (χ1) is 13.6. The van der Waals surface area contributed by atoms with Crippen molar-refractivity contribution in [3.63, 3.8) is 0 Å². The smallest absolute Gasteiger partial charge is 0.199 e. The first-order valence-corrected chi connectivity index (χ1v) is 10.7. The van der Waals surface area contributed by atoms with Crippen molar-refractivity contribution >= 4 is 34.8 Å². The number of nitrogens with zero attached hydrogens (tertiary/aromatic N) is 2. The summed E-state index contributed by atoms with van der Waals surface area (Å²) in [5, 5.41) is 4.68. The van der Waals surface area contributed by atoms with Crippen molar-refractivity contribution < 1.29 is 0 Å². The van der Waals surface area contributed by atoms with Gasteiger partial charge in [-0.2, -0.15) is 0 Å². The van der Waals surface area contributed by atoms with Gasteiger partial charge in [-0.15, -0.1) is 0 Å². The minimum atomic E-state index is 0.114. The van der Waals surface area contributed by atoms with E-state index in [9.17, 15) is 0 Å². The number of nitrogens with two attached hydrogens (primary N) is 1. The Kier molecular flexibility index (Phi) is 6.10. The van der Waals surface area contributed by atoms with E-state index < -0.39 is 0 Å². The van der Waals surface area contributed by atoms with Crippen molar-refractivity contribution in [2.75, 3.05) is 11.9 Å². The number of halogens is 2. The summed E-state index contributed by atoms with van der Waals surface area (Å²) >= 11 is 12.5. The Balaban J connectivity index is 1.63. The van der Waals surface area contributed by atoms with Crippen LogP contribution in [0.15, 0.2) is 47.5 Å². The van der Waals surface area contributed by atoms with E-state index in [1.54, 1.807) is 6.07 Å². The SMILES string of the molecule is N[C@H]1CCCC[C@@H]1N=C(Nc1ccc(Cl)cc1Cl)N1CCc2ccccc2C1. The molecular weight excluding hydrogens is 391 g/mol. The molecule has 3 N–H and O–H groups in total. The van der Waals surface area contributed by atoms with Gasteiger partial charge in [0.05, 0.1) is 16.8 Å². The Morgan fingerprint density at radius 2 is 1.86 bits per heavy atom. The standard InChI is InChI=1S/C22H26Cl2N4/c23-17-9-10-20(18(24)13-17)26-22(27-21-8-4-3-7-19(21)25)28-12-11-15-5-1-2-6-16(15)14-28/h1-2,5-6,9-10,13,19,21H,3-4,7-8,11-12,14,25H2,(H,26,27)/t19-,21-/m0/s1. The summed E-state index contributed by atoms with van der Waals surface area (Å²) in [5.74, 6) is 0.848. The highest BCUT2D eigenvalue weighted by atomic mass is 35.5. The summed E-state index contributed by atoms with van der Waals surface area (Å²) < 4.78 is 0. The lowest BCUT2D eigenvalue weighted by Gasteiger charge is -2.34. The lowest BCUT2D eigenvalue weighted by molar-refractivity contribution is 0.363. The maximum atomic E-state index is 6.42. The topological polar surface area (TPSA) is 53.6 Å². The van der Waals surface area contributed by atoms with Crippen molar-refractivity contribution in [2.24, 2.45) is 10.7 Å². The molecule has 1 aliphatic carbocycles. The number of hydrogen-bond acceptors (Lipinski definition) is 2. The molecule has 0 bridgehead atoms. The molecule has 2 atom stereocenters. The predicted octanol–water partition coefficient (Wildman–Crippen LogP) is 5.09. The number of nitrogens with one attached hydrogen (secondary N) is 1. The van der Waals surface area contributed by atoms with Crippen LogP contribution in [0.1, 0.15) is 36.8 Å². The van der Waals surface area contributed by atoms with Gasteiger partial charge in [-0.25, -0.2) is 4.99 Å². The quantitative estimate of drug-likeness (QED) is 0.529. The molecule has 4 rings (SSSR count). The molecule has 0 spiro atoms. The average molecular weight is 417 g/mol. The van der Waals surface area contributed by atoms with Crippen molar-refractivity contribution in [1.82, 2.24) is 4.90 Å². The highest BCUT2D eigenvalue weighted by Crippen LogP contribution is 2.28. The zero-order chi connectivity index (χ0) is 19.5. The van der Waals surface area contributed by atoms with E-state index in [0.29, 0.717) is 10.0 Å². The van der Waals surface area contributed by atoms with Crippen LogP contribution in [0.3, 0.4) is 0 Å². The van der Waals surface area contributed by atoms with Gasteiger partial charge < -0.3 is 16.0 Å². The Hall–Kier alpha value is -1.75. The van der Waals surface area contributed by atoms with E-state index >= 15 is 0 Å². The Labute approximate surface area is 176 Å². The third kappa shape index (κ3) is 4.45. The van der Waals surface area contributed by atoms with Crippen LogP contribution in [-0.2, 0) is 13.0 Å². The molecule has 2 aromatic carbocycles. The van der Waals surface area contributed by atoms with Gasteiger partial charge in [0.15, 0.2) is 5.96 Å². The van der Waals surface area contributed by atoms with Crippen molar-refractivity contribution in [1.29, 1.82) is 0 Å². The Morgan fingerprint density at radius 1 is 1.07 bits per heavy atom. The fraction of sp³-hybridized carbons (Fsp3) is 0.409. The van der Waals surface area contributed by atoms with Crippen molar-refractivity contribution in [2.45, 2.75) is 50.7 Å². The van der Waals surface area contributed by atoms with Crippen molar-refractivity contribution in [3.05, 3.63) is 63.6 Å². The second-order valence-electron chi connectivity index (χ2n) is 7.66. The predicted molar refractivity (Wildman–Crippen MR) is 118 cm³/mol. The van der Waals surface area contributed by atoms with Crippen LogP contribution in [0.25, 0.3) is 0 Å². The minimum absolute atomic E-state index is 0.114. The zero-order valence-electron chi connectivity index (χ0n) is 15.9. The first kappa shape index (κ1) is 19.6. The second kappa shape index (κ2) is 8.73. The van der Waals surface area contributed by atoms with Crippen LogP contribution >= 0.6 is 23.2 Å². The maximum absolute atomic E-state index is 6.42. The molecule has 1 heterocycles. The largest absolute Gasteiger partial charge is 0.338 e. The lowest BCUT2D eigenvalue weighted by atomic mass is 9.91. The Morgan fingerprint density at radius 3 is 2.64 bits per heavy atom. The highest BCUT2D eigenvalue weighted by molar-refractivity contribution is 6.36. The lowest BCUT2D eigenvalue weighted by Crippen LogP contribution is -2.43. The summed E-state index contributed by atoms with van der Waals surface area (Å²) in [6.07, 6.45) is 5.44. The number of rotatable bonds is 2. The zero-order valence-corrected chi connectivity index (χ0v) is 17.4. The van der Waals surface area contributed by atoms with Gasteiger partial charge in [-0.1, -0.05) is 60.3 Å². The molecule has 0 saturated heterocycles. The third-order valence-corrected chi connectivity index (χ3v) is 6.23. The van der Waals surface area contributed by atoms with E-state index in [0.717, 1.165) is 44.0 Å². The van der Waals surface area contributed by atoms with Gasteiger partial charge in [0.25, 0.3) is 0 Å². The summed E-state index contributed by atoms with van der Waals surface area (Å²) in [5.41, 5.74) is 9.95. The van der Waals surface area contributed by atoms with Gasteiger partial charge in [0.1, 0.15) is 0 Å². The highest BCUT2D eigenvalue weighted by Gasteiger charge is 2.25. The fourth-order valence-electron chi connectivity index (χ4n) is 4.04. The molecule has 2 aliphatic rings. The van der Waals surface area contributed by atoms with Gasteiger partial charge in [0.2, 0.25) is 0 Å². The normalized spacial score (nSPS) is 22.7. The molecule has 0 unspecified atom stereocenters. The summed E-state index contributed by atoms with van der Waals surface area (Å²) in [4.78, 5) is 7.39. The molecule has 1 aliphatic heterocycles. The summed E-state index contributed by atoms with van der Waals surface area (Å²) in [7, 11) is 0.